The maximum Gasteiger partial charge on any atom is 0.322 e. The number of rotatable bonds is 5. The Labute approximate surface area is 164 Å². The van der Waals surface area contributed by atoms with Crippen molar-refractivity contribution in [2.75, 3.05) is 43.1 Å². The molecule has 7 heteroatoms. The number of nitrogens with one attached hydrogen (secondary N) is 1. The van der Waals surface area contributed by atoms with Gasteiger partial charge in [-0.2, -0.15) is 0 Å². The van der Waals surface area contributed by atoms with Gasteiger partial charge in [0.05, 0.1) is 25.9 Å². The molecule has 0 unspecified atom stereocenters. The molecular weight excluding hydrogens is 358 g/mol. The molecule has 7 nitrogen and oxygen atoms in total. The molecule has 0 aliphatic carbocycles. The third-order valence-electron chi connectivity index (χ3n) is 4.71. The zero-order valence-corrected chi connectivity index (χ0v) is 15.9. The number of benzene rings is 2. The van der Waals surface area contributed by atoms with Crippen molar-refractivity contribution in [1.29, 1.82) is 0 Å². The van der Waals surface area contributed by atoms with Crippen LogP contribution in [0.5, 0.6) is 0 Å². The van der Waals surface area contributed by atoms with E-state index in [9.17, 15) is 14.7 Å². The summed E-state index contributed by atoms with van der Waals surface area (Å²) in [5.74, 6) is -0.0971. The highest BCUT2D eigenvalue weighted by molar-refractivity contribution is 6.06. The van der Waals surface area contributed by atoms with Crippen LogP contribution in [0.3, 0.4) is 0 Å². The molecule has 0 saturated carbocycles. The number of aliphatic hydroxyl groups excluding tert-OH is 1. The third kappa shape index (κ3) is 4.49. The second-order valence-corrected chi connectivity index (χ2v) is 6.50. The van der Waals surface area contributed by atoms with Crippen molar-refractivity contribution in [1.82, 2.24) is 4.90 Å². The van der Waals surface area contributed by atoms with Gasteiger partial charge in [-0.25, -0.2) is 4.79 Å². The molecule has 1 aliphatic rings. The van der Waals surface area contributed by atoms with E-state index >= 15 is 0 Å². The molecule has 3 amide bonds. The number of carbonyl (C=O) groups is 2. The van der Waals surface area contributed by atoms with E-state index in [1.807, 2.05) is 37.3 Å². The predicted molar refractivity (Wildman–Crippen MR) is 108 cm³/mol. The standard InChI is InChI=1S/C21H25N3O4/c1-2-23(18-6-4-3-5-7-18)20(26)16-8-10-17(11-9-16)22-21(27)24-12-13-28-15-19(24)14-25/h3-11,19,25H,2,12-15H2,1H3,(H,22,27)/t19-/m0/s1. The molecule has 1 atom stereocenters. The molecule has 2 aromatic carbocycles. The quantitative estimate of drug-likeness (QED) is 0.831. The van der Waals surface area contributed by atoms with Crippen molar-refractivity contribution in [3.63, 3.8) is 0 Å². The van der Waals surface area contributed by atoms with E-state index in [1.54, 1.807) is 34.1 Å². The van der Waals surface area contributed by atoms with Gasteiger partial charge in [0.25, 0.3) is 5.91 Å². The Morgan fingerprint density at radius 2 is 1.89 bits per heavy atom. The fraction of sp³-hybridized carbons (Fsp3) is 0.333. The van der Waals surface area contributed by atoms with E-state index < -0.39 is 0 Å². The number of anilines is 2. The van der Waals surface area contributed by atoms with E-state index in [1.165, 1.54) is 0 Å². The Bertz CT molecular complexity index is 795. The van der Waals surface area contributed by atoms with Crippen LogP contribution in [0, 0.1) is 0 Å². The molecule has 0 radical (unpaired) electrons. The summed E-state index contributed by atoms with van der Waals surface area (Å²) in [6.45, 7) is 3.54. The lowest BCUT2D eigenvalue weighted by Crippen LogP contribution is -2.52. The summed E-state index contributed by atoms with van der Waals surface area (Å²) >= 11 is 0. The highest BCUT2D eigenvalue weighted by Gasteiger charge is 2.26. The number of nitrogens with zero attached hydrogens (tertiary/aromatic N) is 2. The predicted octanol–water partition coefficient (Wildman–Crippen LogP) is 2.58. The van der Waals surface area contributed by atoms with Gasteiger partial charge in [0.1, 0.15) is 0 Å². The molecule has 0 spiro atoms. The SMILES string of the molecule is CCN(C(=O)c1ccc(NC(=O)N2CCOC[C@@H]2CO)cc1)c1ccccc1. The number of urea groups is 1. The van der Waals surface area contributed by atoms with Crippen molar-refractivity contribution in [3.05, 3.63) is 60.2 Å². The van der Waals surface area contributed by atoms with Crippen molar-refractivity contribution < 1.29 is 19.4 Å². The number of hydrogen-bond donors (Lipinski definition) is 2. The van der Waals surface area contributed by atoms with Crippen molar-refractivity contribution in [3.8, 4) is 0 Å². The molecule has 3 rings (SSSR count). The smallest absolute Gasteiger partial charge is 0.322 e. The van der Waals surface area contributed by atoms with E-state index in [4.69, 9.17) is 4.74 Å². The summed E-state index contributed by atoms with van der Waals surface area (Å²) in [6, 6.07) is 15.7. The first-order valence-electron chi connectivity index (χ1n) is 9.37. The van der Waals surface area contributed by atoms with Crippen LogP contribution in [-0.4, -0.2) is 60.9 Å². The van der Waals surface area contributed by atoms with Gasteiger partial charge in [-0.15, -0.1) is 0 Å². The van der Waals surface area contributed by atoms with Crippen LogP contribution in [-0.2, 0) is 4.74 Å². The van der Waals surface area contributed by atoms with Crippen LogP contribution in [0.15, 0.2) is 54.6 Å². The highest BCUT2D eigenvalue weighted by Crippen LogP contribution is 2.18. The van der Waals surface area contributed by atoms with Crippen LogP contribution < -0.4 is 10.2 Å². The van der Waals surface area contributed by atoms with E-state index in [0.717, 1.165) is 5.69 Å². The van der Waals surface area contributed by atoms with Gasteiger partial charge < -0.3 is 25.0 Å². The zero-order chi connectivity index (χ0) is 19.9. The largest absolute Gasteiger partial charge is 0.394 e. The Kier molecular flexibility index (Phi) is 6.62. The number of hydrogen-bond acceptors (Lipinski definition) is 4. The van der Waals surface area contributed by atoms with Gasteiger partial charge in [0.2, 0.25) is 0 Å². The molecule has 148 valence electrons. The molecule has 2 N–H and O–H groups in total. The Balaban J connectivity index is 1.67. The third-order valence-corrected chi connectivity index (χ3v) is 4.71. The fourth-order valence-corrected chi connectivity index (χ4v) is 3.17. The molecule has 1 fully saturated rings. The van der Waals surface area contributed by atoms with Crippen LogP contribution in [0.1, 0.15) is 17.3 Å². The molecular formula is C21H25N3O4. The first kappa shape index (κ1) is 19.9. The van der Waals surface area contributed by atoms with E-state index in [-0.39, 0.29) is 24.6 Å². The molecule has 1 saturated heterocycles. The Hall–Kier alpha value is -2.90. The summed E-state index contributed by atoms with van der Waals surface area (Å²) in [5.41, 5.74) is 1.98. The van der Waals surface area contributed by atoms with Gasteiger partial charge in [-0.05, 0) is 43.3 Å². The minimum Gasteiger partial charge on any atom is -0.394 e. The second-order valence-electron chi connectivity index (χ2n) is 6.50. The Morgan fingerprint density at radius 1 is 1.18 bits per heavy atom. The lowest BCUT2D eigenvalue weighted by Gasteiger charge is -2.34. The maximum atomic E-state index is 12.8. The normalized spacial score (nSPS) is 16.5. The topological polar surface area (TPSA) is 82.1 Å². The molecule has 1 heterocycles. The molecule has 28 heavy (non-hydrogen) atoms. The van der Waals surface area contributed by atoms with Gasteiger partial charge >= 0.3 is 6.03 Å². The number of aliphatic hydroxyl groups is 1. The van der Waals surface area contributed by atoms with Gasteiger partial charge in [0, 0.05) is 30.0 Å². The summed E-state index contributed by atoms with van der Waals surface area (Å²) in [4.78, 5) is 28.6. The first-order chi connectivity index (χ1) is 13.6. The Morgan fingerprint density at radius 3 is 2.54 bits per heavy atom. The molecule has 2 aromatic rings. The molecule has 0 bridgehead atoms. The van der Waals surface area contributed by atoms with Gasteiger partial charge in [-0.1, -0.05) is 18.2 Å². The first-order valence-corrected chi connectivity index (χ1v) is 9.37. The highest BCUT2D eigenvalue weighted by atomic mass is 16.5. The van der Waals surface area contributed by atoms with Gasteiger partial charge in [0.15, 0.2) is 0 Å². The molecule has 0 aromatic heterocycles. The van der Waals surface area contributed by atoms with Crippen molar-refractivity contribution >= 4 is 23.3 Å². The number of morpholine rings is 1. The fourth-order valence-electron chi connectivity index (χ4n) is 3.17. The number of para-hydroxylation sites is 1. The second kappa shape index (κ2) is 9.34. The monoisotopic (exact) mass is 383 g/mol. The lowest BCUT2D eigenvalue weighted by atomic mass is 10.1. The average Bonchev–Trinajstić information content (AvgIpc) is 2.75. The number of amides is 3. The van der Waals surface area contributed by atoms with Crippen molar-refractivity contribution in [2.24, 2.45) is 0 Å². The lowest BCUT2D eigenvalue weighted by molar-refractivity contribution is -0.00485. The van der Waals surface area contributed by atoms with E-state index in [2.05, 4.69) is 5.32 Å². The van der Waals surface area contributed by atoms with Crippen LogP contribution in [0.2, 0.25) is 0 Å². The van der Waals surface area contributed by atoms with Crippen LogP contribution >= 0.6 is 0 Å². The maximum absolute atomic E-state index is 12.8. The summed E-state index contributed by atoms with van der Waals surface area (Å²) in [5, 5.41) is 12.2. The van der Waals surface area contributed by atoms with Gasteiger partial charge in [-0.3, -0.25) is 4.79 Å². The summed E-state index contributed by atoms with van der Waals surface area (Å²) in [7, 11) is 0. The summed E-state index contributed by atoms with van der Waals surface area (Å²) < 4.78 is 5.29. The summed E-state index contributed by atoms with van der Waals surface area (Å²) in [6.07, 6.45) is 0. The average molecular weight is 383 g/mol. The number of carbonyl (C=O) groups excluding carboxylic acids is 2. The minimum absolute atomic E-state index is 0.0971. The van der Waals surface area contributed by atoms with E-state index in [0.29, 0.717) is 37.6 Å². The molecule has 1 aliphatic heterocycles. The van der Waals surface area contributed by atoms with Crippen LogP contribution in [0.25, 0.3) is 0 Å². The van der Waals surface area contributed by atoms with Crippen LogP contribution in [0.4, 0.5) is 16.2 Å². The minimum atomic E-state index is -0.349. The van der Waals surface area contributed by atoms with Crippen molar-refractivity contribution in [2.45, 2.75) is 13.0 Å². The number of ether oxygens (including phenoxy) is 1. The zero-order valence-electron chi connectivity index (χ0n) is 15.9.